The fourth-order valence-electron chi connectivity index (χ4n) is 3.89. The second kappa shape index (κ2) is 7.45. The third kappa shape index (κ3) is 3.82. The summed E-state index contributed by atoms with van der Waals surface area (Å²) in [5.41, 5.74) is 1.43. The molecule has 21 heavy (non-hydrogen) atoms. The summed E-state index contributed by atoms with van der Waals surface area (Å²) in [5, 5.41) is 4.28. The molecule has 1 aromatic carbocycles. The number of nitrogens with one attached hydrogen (secondary N) is 1. The quantitative estimate of drug-likeness (QED) is 0.833. The molecule has 1 aromatic rings. The van der Waals surface area contributed by atoms with Crippen LogP contribution in [0.5, 0.6) is 0 Å². The van der Waals surface area contributed by atoms with Crippen molar-refractivity contribution in [2.24, 2.45) is 5.92 Å². The maximum Gasteiger partial charge on any atom is 0.0548 e. The number of nitrogens with zero attached hydrogens (tertiary/aromatic N) is 1. The minimum Gasteiger partial charge on any atom is -0.314 e. The number of rotatable bonds is 3. The number of piperazine rings is 1. The second-order valence-electron chi connectivity index (χ2n) is 6.30. The van der Waals surface area contributed by atoms with Crippen LogP contribution in [-0.4, -0.2) is 31.1 Å². The van der Waals surface area contributed by atoms with E-state index in [1.165, 1.54) is 37.7 Å². The molecule has 1 N–H and O–H groups in total. The maximum absolute atomic E-state index is 6.19. The number of benzene rings is 1. The van der Waals surface area contributed by atoms with Crippen molar-refractivity contribution in [2.75, 3.05) is 26.2 Å². The van der Waals surface area contributed by atoms with Crippen LogP contribution in [0, 0.1) is 5.92 Å². The average Bonchev–Trinajstić information content (AvgIpc) is 2.53. The highest BCUT2D eigenvalue weighted by Crippen LogP contribution is 2.40. The summed E-state index contributed by atoms with van der Waals surface area (Å²) in [5.74, 6) is 0.796. The predicted octanol–water partition coefficient (Wildman–Crippen LogP) is 4.63. The first-order valence-electron chi connectivity index (χ1n) is 8.15. The van der Waals surface area contributed by atoms with Crippen LogP contribution in [-0.2, 0) is 0 Å². The summed E-state index contributed by atoms with van der Waals surface area (Å²) < 4.78 is 1.03. The smallest absolute Gasteiger partial charge is 0.0548 e. The van der Waals surface area contributed by atoms with E-state index < -0.39 is 0 Å². The minimum absolute atomic E-state index is 0.556. The molecule has 1 saturated heterocycles. The summed E-state index contributed by atoms with van der Waals surface area (Å²) in [6, 6.07) is 7.07. The van der Waals surface area contributed by atoms with Gasteiger partial charge in [0.15, 0.2) is 0 Å². The van der Waals surface area contributed by atoms with E-state index in [0.29, 0.717) is 6.04 Å². The van der Waals surface area contributed by atoms with Crippen LogP contribution in [0.2, 0.25) is 5.02 Å². The average molecular weight is 372 g/mol. The van der Waals surface area contributed by atoms with Crippen molar-refractivity contribution in [1.29, 1.82) is 0 Å². The van der Waals surface area contributed by atoms with Gasteiger partial charge in [0.05, 0.1) is 5.02 Å². The van der Waals surface area contributed by atoms with Crippen molar-refractivity contribution in [2.45, 2.75) is 38.1 Å². The zero-order valence-electron chi connectivity index (χ0n) is 12.5. The van der Waals surface area contributed by atoms with Crippen LogP contribution in [0.15, 0.2) is 22.7 Å². The molecule has 4 heteroatoms. The van der Waals surface area contributed by atoms with E-state index in [1.54, 1.807) is 0 Å². The molecule has 0 bridgehead atoms. The van der Waals surface area contributed by atoms with E-state index in [0.717, 1.165) is 41.6 Å². The van der Waals surface area contributed by atoms with Gasteiger partial charge in [-0.3, -0.25) is 4.90 Å². The van der Waals surface area contributed by atoms with Gasteiger partial charge in [0, 0.05) is 36.7 Å². The summed E-state index contributed by atoms with van der Waals surface area (Å²) in [6.07, 6.45) is 6.93. The lowest BCUT2D eigenvalue weighted by Gasteiger charge is -2.41. The summed E-state index contributed by atoms with van der Waals surface area (Å²) in [6.45, 7) is 4.53. The lowest BCUT2D eigenvalue weighted by atomic mass is 9.80. The van der Waals surface area contributed by atoms with Crippen molar-refractivity contribution in [3.05, 3.63) is 33.3 Å². The molecule has 116 valence electrons. The highest BCUT2D eigenvalue weighted by atomic mass is 79.9. The van der Waals surface area contributed by atoms with E-state index in [2.05, 4.69) is 38.3 Å². The van der Waals surface area contributed by atoms with Gasteiger partial charge in [-0.25, -0.2) is 0 Å². The van der Waals surface area contributed by atoms with Crippen LogP contribution in [0.1, 0.15) is 43.7 Å². The Morgan fingerprint density at radius 1 is 1.14 bits per heavy atom. The van der Waals surface area contributed by atoms with Crippen molar-refractivity contribution >= 4 is 27.5 Å². The first kappa shape index (κ1) is 15.8. The molecule has 0 radical (unpaired) electrons. The maximum atomic E-state index is 6.19. The molecular weight excluding hydrogens is 348 g/mol. The third-order valence-electron chi connectivity index (χ3n) is 4.93. The lowest BCUT2D eigenvalue weighted by Crippen LogP contribution is -2.47. The molecule has 0 unspecified atom stereocenters. The highest BCUT2D eigenvalue weighted by Gasteiger charge is 2.31. The minimum atomic E-state index is 0.556. The van der Waals surface area contributed by atoms with Gasteiger partial charge < -0.3 is 5.32 Å². The highest BCUT2D eigenvalue weighted by molar-refractivity contribution is 9.10. The zero-order valence-corrected chi connectivity index (χ0v) is 14.8. The van der Waals surface area contributed by atoms with Crippen LogP contribution in [0.25, 0.3) is 0 Å². The van der Waals surface area contributed by atoms with Gasteiger partial charge in [-0.1, -0.05) is 36.9 Å². The Labute approximate surface area is 141 Å². The number of halogens is 2. The Balaban J connectivity index is 1.87. The van der Waals surface area contributed by atoms with Crippen molar-refractivity contribution in [1.82, 2.24) is 10.2 Å². The standard InChI is InChI=1S/C17H24BrClN2/c18-15-12-14(6-7-16(15)19)17(13-4-2-1-3-5-13)21-10-8-20-9-11-21/h6-7,12-13,17,20H,1-5,8-11H2/t17-/m1/s1. The van der Waals surface area contributed by atoms with Crippen molar-refractivity contribution in [3.8, 4) is 0 Å². The Bertz CT molecular complexity index is 450. The van der Waals surface area contributed by atoms with Gasteiger partial charge in [0.25, 0.3) is 0 Å². The first-order valence-corrected chi connectivity index (χ1v) is 9.32. The van der Waals surface area contributed by atoms with E-state index in [4.69, 9.17) is 11.6 Å². The van der Waals surface area contributed by atoms with E-state index in [9.17, 15) is 0 Å². The van der Waals surface area contributed by atoms with Gasteiger partial charge >= 0.3 is 0 Å². The number of hydrogen-bond acceptors (Lipinski definition) is 2. The number of hydrogen-bond donors (Lipinski definition) is 1. The Hall–Kier alpha value is -0.0900. The monoisotopic (exact) mass is 370 g/mol. The Morgan fingerprint density at radius 3 is 2.52 bits per heavy atom. The molecule has 1 atom stereocenters. The summed E-state index contributed by atoms with van der Waals surface area (Å²) >= 11 is 9.79. The van der Waals surface area contributed by atoms with Crippen LogP contribution < -0.4 is 5.32 Å². The lowest BCUT2D eigenvalue weighted by molar-refractivity contribution is 0.103. The Morgan fingerprint density at radius 2 is 1.86 bits per heavy atom. The normalized spacial score (nSPS) is 23.1. The predicted molar refractivity (Wildman–Crippen MR) is 92.9 cm³/mol. The molecule has 1 aliphatic carbocycles. The SMILES string of the molecule is Clc1ccc([C@@H](C2CCCCC2)N2CCNCC2)cc1Br. The van der Waals surface area contributed by atoms with Gasteiger partial charge in [0.1, 0.15) is 0 Å². The molecule has 0 spiro atoms. The van der Waals surface area contributed by atoms with E-state index in [-0.39, 0.29) is 0 Å². The van der Waals surface area contributed by atoms with Crippen LogP contribution in [0.3, 0.4) is 0 Å². The zero-order chi connectivity index (χ0) is 14.7. The molecule has 2 aliphatic rings. The molecule has 1 heterocycles. The largest absolute Gasteiger partial charge is 0.314 e. The van der Waals surface area contributed by atoms with Gasteiger partial charge in [0.2, 0.25) is 0 Å². The van der Waals surface area contributed by atoms with Gasteiger partial charge in [-0.15, -0.1) is 0 Å². The fourth-order valence-corrected chi connectivity index (χ4v) is 4.40. The van der Waals surface area contributed by atoms with Gasteiger partial charge in [-0.2, -0.15) is 0 Å². The third-order valence-corrected chi connectivity index (χ3v) is 6.14. The second-order valence-corrected chi connectivity index (χ2v) is 7.56. The Kier molecular flexibility index (Phi) is 5.60. The first-order chi connectivity index (χ1) is 10.3. The fraction of sp³-hybridized carbons (Fsp3) is 0.647. The topological polar surface area (TPSA) is 15.3 Å². The molecule has 0 aromatic heterocycles. The summed E-state index contributed by atoms with van der Waals surface area (Å²) in [7, 11) is 0. The van der Waals surface area contributed by atoms with E-state index >= 15 is 0 Å². The molecule has 3 rings (SSSR count). The van der Waals surface area contributed by atoms with E-state index in [1.807, 2.05) is 6.07 Å². The van der Waals surface area contributed by atoms with Crippen molar-refractivity contribution < 1.29 is 0 Å². The molecule has 1 saturated carbocycles. The molecule has 0 amide bonds. The van der Waals surface area contributed by atoms with Crippen molar-refractivity contribution in [3.63, 3.8) is 0 Å². The summed E-state index contributed by atoms with van der Waals surface area (Å²) in [4.78, 5) is 2.68. The van der Waals surface area contributed by atoms with Gasteiger partial charge in [-0.05, 0) is 52.4 Å². The van der Waals surface area contributed by atoms with Crippen LogP contribution in [0.4, 0.5) is 0 Å². The molecular formula is C17H24BrClN2. The van der Waals surface area contributed by atoms with Crippen LogP contribution >= 0.6 is 27.5 Å². The molecule has 2 nitrogen and oxygen atoms in total. The molecule has 2 fully saturated rings. The molecule has 1 aliphatic heterocycles.